The van der Waals surface area contributed by atoms with Gasteiger partial charge in [0.25, 0.3) is 0 Å². The van der Waals surface area contributed by atoms with E-state index in [2.05, 4.69) is 55.3 Å². The number of hydrogen-bond acceptors (Lipinski definition) is 3. The SMILES string of the molecule is CCN(CC)c1ccc(CNC2CCOC2C)cc1. The molecule has 3 heteroatoms. The predicted octanol–water partition coefficient (Wildman–Crippen LogP) is 2.80. The molecule has 1 saturated heterocycles. The van der Waals surface area contributed by atoms with E-state index >= 15 is 0 Å². The van der Waals surface area contributed by atoms with Gasteiger partial charge in [0.1, 0.15) is 0 Å². The number of rotatable bonds is 6. The molecule has 2 atom stereocenters. The molecule has 1 aromatic carbocycles. The van der Waals surface area contributed by atoms with Crippen molar-refractivity contribution in [1.82, 2.24) is 5.32 Å². The third-order valence-corrected chi connectivity index (χ3v) is 4.01. The Morgan fingerprint density at radius 2 is 1.89 bits per heavy atom. The van der Waals surface area contributed by atoms with Crippen LogP contribution >= 0.6 is 0 Å². The Kier molecular flexibility index (Phi) is 5.23. The third kappa shape index (κ3) is 3.71. The van der Waals surface area contributed by atoms with Crippen LogP contribution in [-0.4, -0.2) is 31.8 Å². The zero-order valence-electron chi connectivity index (χ0n) is 12.4. The molecule has 19 heavy (non-hydrogen) atoms. The Balaban J connectivity index is 1.88. The van der Waals surface area contributed by atoms with Crippen LogP contribution in [0.3, 0.4) is 0 Å². The maximum absolute atomic E-state index is 5.56. The van der Waals surface area contributed by atoms with Crippen LogP contribution in [0.4, 0.5) is 5.69 Å². The molecule has 0 amide bonds. The number of hydrogen-bond donors (Lipinski definition) is 1. The summed E-state index contributed by atoms with van der Waals surface area (Å²) in [6, 6.07) is 9.39. The van der Waals surface area contributed by atoms with E-state index in [-0.39, 0.29) is 0 Å². The summed E-state index contributed by atoms with van der Waals surface area (Å²) >= 11 is 0. The molecular weight excluding hydrogens is 236 g/mol. The highest BCUT2D eigenvalue weighted by Gasteiger charge is 2.23. The van der Waals surface area contributed by atoms with Gasteiger partial charge in [-0.3, -0.25) is 0 Å². The van der Waals surface area contributed by atoms with Crippen molar-refractivity contribution in [2.24, 2.45) is 0 Å². The summed E-state index contributed by atoms with van der Waals surface area (Å²) in [4.78, 5) is 2.37. The summed E-state index contributed by atoms with van der Waals surface area (Å²) in [7, 11) is 0. The molecule has 0 bridgehead atoms. The fourth-order valence-corrected chi connectivity index (χ4v) is 2.66. The second kappa shape index (κ2) is 6.92. The summed E-state index contributed by atoms with van der Waals surface area (Å²) in [6.07, 6.45) is 1.47. The van der Waals surface area contributed by atoms with Gasteiger partial charge in [-0.2, -0.15) is 0 Å². The number of nitrogens with one attached hydrogen (secondary N) is 1. The second-order valence-electron chi connectivity index (χ2n) is 5.19. The van der Waals surface area contributed by atoms with Gasteiger partial charge in [-0.25, -0.2) is 0 Å². The van der Waals surface area contributed by atoms with E-state index in [0.717, 1.165) is 32.7 Å². The topological polar surface area (TPSA) is 24.5 Å². The van der Waals surface area contributed by atoms with Crippen LogP contribution in [0.5, 0.6) is 0 Å². The Morgan fingerprint density at radius 3 is 2.42 bits per heavy atom. The summed E-state index contributed by atoms with van der Waals surface area (Å²) in [5, 5.41) is 3.59. The van der Waals surface area contributed by atoms with Crippen molar-refractivity contribution in [2.45, 2.75) is 45.9 Å². The molecule has 1 N–H and O–H groups in total. The lowest BCUT2D eigenvalue weighted by Crippen LogP contribution is -2.34. The molecule has 1 aliphatic heterocycles. The largest absolute Gasteiger partial charge is 0.377 e. The standard InChI is InChI=1S/C16H26N2O/c1-4-18(5-2)15-8-6-14(7-9-15)12-17-16-10-11-19-13(16)3/h6-9,13,16-17H,4-5,10-12H2,1-3H3. The minimum absolute atomic E-state index is 0.343. The van der Waals surface area contributed by atoms with Crippen LogP contribution in [-0.2, 0) is 11.3 Å². The monoisotopic (exact) mass is 262 g/mol. The van der Waals surface area contributed by atoms with Crippen LogP contribution in [0, 0.1) is 0 Å². The average Bonchev–Trinajstić information content (AvgIpc) is 2.85. The molecule has 1 fully saturated rings. The predicted molar refractivity (Wildman–Crippen MR) is 80.7 cm³/mol. The lowest BCUT2D eigenvalue weighted by molar-refractivity contribution is 0.113. The average molecular weight is 262 g/mol. The van der Waals surface area contributed by atoms with Gasteiger partial charge < -0.3 is 15.0 Å². The van der Waals surface area contributed by atoms with Crippen molar-refractivity contribution in [2.75, 3.05) is 24.6 Å². The molecule has 0 radical (unpaired) electrons. The molecule has 3 nitrogen and oxygen atoms in total. The van der Waals surface area contributed by atoms with Crippen molar-refractivity contribution in [3.63, 3.8) is 0 Å². The molecule has 106 valence electrons. The van der Waals surface area contributed by atoms with Gasteiger partial charge in [-0.05, 0) is 44.9 Å². The number of anilines is 1. The maximum Gasteiger partial charge on any atom is 0.0700 e. The summed E-state index contributed by atoms with van der Waals surface area (Å²) in [5.74, 6) is 0. The van der Waals surface area contributed by atoms with Crippen molar-refractivity contribution in [1.29, 1.82) is 0 Å². The van der Waals surface area contributed by atoms with Crippen LogP contribution in [0.2, 0.25) is 0 Å². The maximum atomic E-state index is 5.56. The molecule has 1 aromatic rings. The smallest absolute Gasteiger partial charge is 0.0700 e. The van der Waals surface area contributed by atoms with E-state index in [0.29, 0.717) is 12.1 Å². The lowest BCUT2D eigenvalue weighted by atomic mass is 10.1. The van der Waals surface area contributed by atoms with E-state index in [1.54, 1.807) is 0 Å². The van der Waals surface area contributed by atoms with Gasteiger partial charge >= 0.3 is 0 Å². The molecule has 1 heterocycles. The highest BCUT2D eigenvalue weighted by atomic mass is 16.5. The van der Waals surface area contributed by atoms with Gasteiger partial charge in [-0.15, -0.1) is 0 Å². The van der Waals surface area contributed by atoms with E-state index in [9.17, 15) is 0 Å². The molecule has 2 unspecified atom stereocenters. The number of ether oxygens (including phenoxy) is 1. The van der Waals surface area contributed by atoms with Crippen LogP contribution in [0.1, 0.15) is 32.8 Å². The number of nitrogens with zero attached hydrogens (tertiary/aromatic N) is 1. The summed E-state index contributed by atoms with van der Waals surface area (Å²) in [5.41, 5.74) is 2.65. The Bertz CT molecular complexity index is 373. The first-order valence-corrected chi connectivity index (χ1v) is 7.43. The van der Waals surface area contributed by atoms with Crippen molar-refractivity contribution >= 4 is 5.69 Å². The first-order valence-electron chi connectivity index (χ1n) is 7.43. The normalized spacial score (nSPS) is 22.7. The van der Waals surface area contributed by atoms with Crippen molar-refractivity contribution in [3.05, 3.63) is 29.8 Å². The highest BCUT2D eigenvalue weighted by molar-refractivity contribution is 5.47. The van der Waals surface area contributed by atoms with Crippen molar-refractivity contribution in [3.8, 4) is 0 Å². The second-order valence-corrected chi connectivity index (χ2v) is 5.19. The van der Waals surface area contributed by atoms with E-state index < -0.39 is 0 Å². The quantitative estimate of drug-likeness (QED) is 0.853. The molecule has 0 aliphatic carbocycles. The van der Waals surface area contributed by atoms with Gasteiger partial charge in [0, 0.05) is 38.0 Å². The first-order chi connectivity index (χ1) is 9.24. The van der Waals surface area contributed by atoms with Crippen molar-refractivity contribution < 1.29 is 4.74 Å². The Labute approximate surface area is 116 Å². The van der Waals surface area contributed by atoms with Crippen LogP contribution in [0.15, 0.2) is 24.3 Å². The zero-order valence-corrected chi connectivity index (χ0v) is 12.4. The molecule has 0 spiro atoms. The highest BCUT2D eigenvalue weighted by Crippen LogP contribution is 2.16. The first kappa shape index (κ1) is 14.4. The van der Waals surface area contributed by atoms with Crippen LogP contribution < -0.4 is 10.2 Å². The zero-order chi connectivity index (χ0) is 13.7. The van der Waals surface area contributed by atoms with Gasteiger partial charge in [-0.1, -0.05) is 12.1 Å². The Morgan fingerprint density at radius 1 is 1.21 bits per heavy atom. The van der Waals surface area contributed by atoms with E-state index in [1.807, 2.05) is 0 Å². The number of benzene rings is 1. The van der Waals surface area contributed by atoms with Crippen LogP contribution in [0.25, 0.3) is 0 Å². The lowest BCUT2D eigenvalue weighted by Gasteiger charge is -2.21. The fraction of sp³-hybridized carbons (Fsp3) is 0.625. The van der Waals surface area contributed by atoms with E-state index in [4.69, 9.17) is 4.74 Å². The fourth-order valence-electron chi connectivity index (χ4n) is 2.66. The van der Waals surface area contributed by atoms with E-state index in [1.165, 1.54) is 11.3 Å². The molecule has 0 aromatic heterocycles. The van der Waals surface area contributed by atoms with Gasteiger partial charge in [0.05, 0.1) is 6.10 Å². The van der Waals surface area contributed by atoms with Gasteiger partial charge in [0.2, 0.25) is 0 Å². The minimum atomic E-state index is 0.343. The minimum Gasteiger partial charge on any atom is -0.377 e. The Hall–Kier alpha value is -1.06. The van der Waals surface area contributed by atoms with Gasteiger partial charge in [0.15, 0.2) is 0 Å². The third-order valence-electron chi connectivity index (χ3n) is 4.01. The molecular formula is C16H26N2O. The molecule has 1 aliphatic rings. The molecule has 2 rings (SSSR count). The summed E-state index contributed by atoms with van der Waals surface area (Å²) < 4.78 is 5.56. The summed E-state index contributed by atoms with van der Waals surface area (Å²) in [6.45, 7) is 10.5. The molecule has 0 saturated carbocycles.